The van der Waals surface area contributed by atoms with Gasteiger partial charge in [-0.05, 0) is 52.7 Å². The van der Waals surface area contributed by atoms with Crippen LogP contribution in [0.15, 0.2) is 0 Å². The standard InChI is InChI=1S/C14H29N3O/c1-12(16(2)13-5-6-13)9-15-10-14(18)11-17-7-3-4-8-17/h12-15,18H,3-11H2,1-2H3. The Hall–Kier alpha value is -0.160. The number of β-amino-alcohol motifs (C(OH)–C–C–N with tert-alkyl or cyclic N) is 1. The third-order valence-corrected chi connectivity index (χ3v) is 4.31. The van der Waals surface area contributed by atoms with E-state index in [0.29, 0.717) is 6.04 Å². The topological polar surface area (TPSA) is 38.7 Å². The Morgan fingerprint density at radius 3 is 2.56 bits per heavy atom. The van der Waals surface area contributed by atoms with Gasteiger partial charge in [0.05, 0.1) is 6.10 Å². The first-order chi connectivity index (χ1) is 8.66. The summed E-state index contributed by atoms with van der Waals surface area (Å²) in [6.07, 6.45) is 5.09. The van der Waals surface area contributed by atoms with Crippen LogP contribution in [0.1, 0.15) is 32.6 Å². The van der Waals surface area contributed by atoms with Crippen molar-refractivity contribution in [3.8, 4) is 0 Å². The molecule has 2 rings (SSSR count). The van der Waals surface area contributed by atoms with Crippen molar-refractivity contribution in [2.24, 2.45) is 0 Å². The molecule has 2 N–H and O–H groups in total. The molecule has 0 aromatic carbocycles. The lowest BCUT2D eigenvalue weighted by Crippen LogP contribution is -2.43. The summed E-state index contributed by atoms with van der Waals surface area (Å²) >= 11 is 0. The second-order valence-electron chi connectivity index (χ2n) is 6.07. The van der Waals surface area contributed by atoms with Gasteiger partial charge in [-0.3, -0.25) is 4.90 Å². The molecule has 2 aliphatic rings. The fourth-order valence-corrected chi connectivity index (χ4v) is 2.77. The van der Waals surface area contributed by atoms with E-state index in [9.17, 15) is 5.11 Å². The summed E-state index contributed by atoms with van der Waals surface area (Å²) in [4.78, 5) is 4.83. The van der Waals surface area contributed by atoms with Gasteiger partial charge in [0.1, 0.15) is 0 Å². The van der Waals surface area contributed by atoms with E-state index in [1.165, 1.54) is 25.7 Å². The van der Waals surface area contributed by atoms with Gasteiger partial charge in [-0.15, -0.1) is 0 Å². The lowest BCUT2D eigenvalue weighted by molar-refractivity contribution is 0.120. The molecule has 1 aliphatic carbocycles. The van der Waals surface area contributed by atoms with Gasteiger partial charge >= 0.3 is 0 Å². The highest BCUT2D eigenvalue weighted by Crippen LogP contribution is 2.26. The molecule has 0 radical (unpaired) electrons. The Morgan fingerprint density at radius 1 is 1.28 bits per heavy atom. The van der Waals surface area contributed by atoms with Crippen LogP contribution in [-0.4, -0.2) is 72.9 Å². The molecule has 2 atom stereocenters. The number of rotatable bonds is 8. The zero-order valence-electron chi connectivity index (χ0n) is 11.9. The fourth-order valence-electron chi connectivity index (χ4n) is 2.77. The van der Waals surface area contributed by atoms with Crippen molar-refractivity contribution >= 4 is 0 Å². The quantitative estimate of drug-likeness (QED) is 0.663. The highest BCUT2D eigenvalue weighted by Gasteiger charge is 2.28. The molecule has 2 unspecified atom stereocenters. The van der Waals surface area contributed by atoms with Gasteiger partial charge < -0.3 is 15.3 Å². The first-order valence-electron chi connectivity index (χ1n) is 7.50. The number of hydrogen-bond donors (Lipinski definition) is 2. The van der Waals surface area contributed by atoms with Gasteiger partial charge in [-0.2, -0.15) is 0 Å². The second-order valence-corrected chi connectivity index (χ2v) is 6.07. The number of nitrogens with zero attached hydrogens (tertiary/aromatic N) is 2. The Balaban J connectivity index is 1.53. The van der Waals surface area contributed by atoms with Crippen LogP contribution in [0.2, 0.25) is 0 Å². The van der Waals surface area contributed by atoms with Crippen molar-refractivity contribution in [2.45, 2.75) is 50.8 Å². The van der Waals surface area contributed by atoms with E-state index < -0.39 is 0 Å². The third-order valence-electron chi connectivity index (χ3n) is 4.31. The fraction of sp³-hybridized carbons (Fsp3) is 1.00. The Kier molecular flexibility index (Phi) is 5.42. The molecule has 0 amide bonds. The van der Waals surface area contributed by atoms with Crippen LogP contribution >= 0.6 is 0 Å². The highest BCUT2D eigenvalue weighted by molar-refractivity contribution is 4.86. The van der Waals surface area contributed by atoms with Gasteiger partial charge in [0.2, 0.25) is 0 Å². The largest absolute Gasteiger partial charge is 0.390 e. The first kappa shape index (κ1) is 14.3. The minimum atomic E-state index is -0.221. The molecule has 0 spiro atoms. The summed E-state index contributed by atoms with van der Waals surface area (Å²) in [7, 11) is 2.21. The average Bonchev–Trinajstić information content (AvgIpc) is 3.07. The summed E-state index contributed by atoms with van der Waals surface area (Å²) in [6.45, 7) is 7.12. The van der Waals surface area contributed by atoms with Crippen LogP contribution in [0.3, 0.4) is 0 Å². The van der Waals surface area contributed by atoms with E-state index in [2.05, 4.69) is 29.1 Å². The molecule has 1 saturated carbocycles. The van der Waals surface area contributed by atoms with Crippen molar-refractivity contribution in [3.05, 3.63) is 0 Å². The Morgan fingerprint density at radius 2 is 1.94 bits per heavy atom. The van der Waals surface area contributed by atoms with Crippen molar-refractivity contribution in [3.63, 3.8) is 0 Å². The monoisotopic (exact) mass is 255 g/mol. The minimum Gasteiger partial charge on any atom is -0.390 e. The second kappa shape index (κ2) is 6.85. The van der Waals surface area contributed by atoms with E-state index in [4.69, 9.17) is 0 Å². The van der Waals surface area contributed by atoms with Crippen LogP contribution in [0.4, 0.5) is 0 Å². The molecule has 0 aromatic rings. The van der Waals surface area contributed by atoms with Gasteiger partial charge in [0.25, 0.3) is 0 Å². The van der Waals surface area contributed by atoms with E-state index in [1.54, 1.807) is 0 Å². The van der Waals surface area contributed by atoms with Crippen LogP contribution in [0.25, 0.3) is 0 Å². The van der Waals surface area contributed by atoms with E-state index in [-0.39, 0.29) is 6.10 Å². The maximum Gasteiger partial charge on any atom is 0.0791 e. The highest BCUT2D eigenvalue weighted by atomic mass is 16.3. The number of nitrogens with one attached hydrogen (secondary N) is 1. The van der Waals surface area contributed by atoms with Crippen LogP contribution in [0.5, 0.6) is 0 Å². The zero-order chi connectivity index (χ0) is 13.0. The molecule has 4 heteroatoms. The predicted molar refractivity (Wildman–Crippen MR) is 74.8 cm³/mol. The summed E-state index contributed by atoms with van der Waals surface area (Å²) < 4.78 is 0. The summed E-state index contributed by atoms with van der Waals surface area (Å²) in [6, 6.07) is 1.38. The molecule has 2 fully saturated rings. The molecule has 0 aromatic heterocycles. The summed E-state index contributed by atoms with van der Waals surface area (Å²) in [5.74, 6) is 0. The van der Waals surface area contributed by atoms with Gasteiger partial charge in [0, 0.05) is 31.7 Å². The smallest absolute Gasteiger partial charge is 0.0791 e. The maximum atomic E-state index is 9.96. The molecule has 106 valence electrons. The number of likely N-dealkylation sites (tertiary alicyclic amines) is 1. The van der Waals surface area contributed by atoms with Crippen molar-refractivity contribution in [1.82, 2.24) is 15.1 Å². The predicted octanol–water partition coefficient (Wildman–Crippen LogP) is 0.515. The lowest BCUT2D eigenvalue weighted by Gasteiger charge is -2.26. The van der Waals surface area contributed by atoms with Gasteiger partial charge in [-0.25, -0.2) is 0 Å². The zero-order valence-corrected chi connectivity index (χ0v) is 11.9. The van der Waals surface area contributed by atoms with E-state index in [0.717, 1.165) is 38.8 Å². The van der Waals surface area contributed by atoms with Crippen LogP contribution < -0.4 is 5.32 Å². The summed E-state index contributed by atoms with van der Waals surface area (Å²) in [5, 5.41) is 13.4. The molecule has 4 nitrogen and oxygen atoms in total. The average molecular weight is 255 g/mol. The summed E-state index contributed by atoms with van der Waals surface area (Å²) in [5.41, 5.74) is 0. The van der Waals surface area contributed by atoms with Gasteiger partial charge in [-0.1, -0.05) is 0 Å². The molecule has 1 aliphatic heterocycles. The third kappa shape index (κ3) is 4.50. The van der Waals surface area contributed by atoms with Crippen molar-refractivity contribution in [2.75, 3.05) is 39.8 Å². The first-order valence-corrected chi connectivity index (χ1v) is 7.50. The van der Waals surface area contributed by atoms with Gasteiger partial charge in [0.15, 0.2) is 0 Å². The normalized spacial score (nSPS) is 24.7. The number of aliphatic hydroxyl groups is 1. The van der Waals surface area contributed by atoms with Crippen LogP contribution in [-0.2, 0) is 0 Å². The maximum absolute atomic E-state index is 9.96. The molecule has 18 heavy (non-hydrogen) atoms. The molecular weight excluding hydrogens is 226 g/mol. The number of hydrogen-bond acceptors (Lipinski definition) is 4. The molecule has 0 bridgehead atoms. The Bertz CT molecular complexity index is 239. The molecule has 1 saturated heterocycles. The lowest BCUT2D eigenvalue weighted by atomic mass is 10.2. The van der Waals surface area contributed by atoms with Crippen molar-refractivity contribution < 1.29 is 5.11 Å². The molecule has 1 heterocycles. The molecular formula is C14H29N3O. The van der Waals surface area contributed by atoms with Crippen LogP contribution in [0, 0.1) is 0 Å². The van der Waals surface area contributed by atoms with Crippen molar-refractivity contribution in [1.29, 1.82) is 0 Å². The van der Waals surface area contributed by atoms with E-state index >= 15 is 0 Å². The number of likely N-dealkylation sites (N-methyl/N-ethyl adjacent to an activating group) is 1. The van der Waals surface area contributed by atoms with E-state index in [1.807, 2.05) is 0 Å². The SMILES string of the molecule is CC(CNCC(O)CN1CCCC1)N(C)C1CC1. The number of aliphatic hydroxyl groups excluding tert-OH is 1. The Labute approximate surface area is 111 Å². The minimum absolute atomic E-state index is 0.221.